The standard InChI is InChI=1S/C28H29FN4O2/c1-5-25(32(6-2)28(35)30-21-11-9-10-20(29)17-21)26-31-24-13-8-7-12-23(24)27(34)33(26)22-15-14-18(3)19(4)16-22/h7-17,25H,5-6H2,1-4H3,(H,30,35). The Morgan fingerprint density at radius 1 is 1.03 bits per heavy atom. The minimum atomic E-state index is -0.493. The predicted octanol–water partition coefficient (Wildman–Crippen LogP) is 6.15. The number of carbonyl (C=O) groups is 1. The van der Waals surface area contributed by atoms with Gasteiger partial charge in [0.2, 0.25) is 0 Å². The number of nitrogens with one attached hydrogen (secondary N) is 1. The Morgan fingerprint density at radius 2 is 1.80 bits per heavy atom. The van der Waals surface area contributed by atoms with Crippen LogP contribution in [0.3, 0.4) is 0 Å². The molecule has 0 aliphatic rings. The number of carbonyl (C=O) groups excluding carboxylic acids is 1. The number of urea groups is 1. The fourth-order valence-electron chi connectivity index (χ4n) is 4.30. The molecule has 0 saturated heterocycles. The van der Waals surface area contributed by atoms with E-state index < -0.39 is 11.9 Å². The molecule has 1 heterocycles. The van der Waals surface area contributed by atoms with Gasteiger partial charge in [-0.2, -0.15) is 0 Å². The quantitative estimate of drug-likeness (QED) is 0.366. The van der Waals surface area contributed by atoms with Crippen molar-refractivity contribution in [1.82, 2.24) is 14.5 Å². The Bertz CT molecular complexity index is 1450. The van der Waals surface area contributed by atoms with Crippen molar-refractivity contribution in [3.63, 3.8) is 0 Å². The van der Waals surface area contributed by atoms with Gasteiger partial charge in [-0.3, -0.25) is 9.36 Å². The number of benzene rings is 3. The van der Waals surface area contributed by atoms with E-state index in [1.165, 1.54) is 12.1 Å². The number of halogens is 1. The van der Waals surface area contributed by atoms with Gasteiger partial charge in [-0.25, -0.2) is 14.2 Å². The fourth-order valence-corrected chi connectivity index (χ4v) is 4.30. The molecule has 6 nitrogen and oxygen atoms in total. The minimum absolute atomic E-state index is 0.186. The van der Waals surface area contributed by atoms with Crippen LogP contribution >= 0.6 is 0 Å². The van der Waals surface area contributed by atoms with Crippen molar-refractivity contribution >= 4 is 22.6 Å². The van der Waals surface area contributed by atoms with Crippen molar-refractivity contribution in [2.75, 3.05) is 11.9 Å². The van der Waals surface area contributed by atoms with Gasteiger partial charge in [0.15, 0.2) is 0 Å². The molecule has 180 valence electrons. The van der Waals surface area contributed by atoms with E-state index in [-0.39, 0.29) is 11.6 Å². The summed E-state index contributed by atoms with van der Waals surface area (Å²) in [5, 5.41) is 3.29. The van der Waals surface area contributed by atoms with E-state index >= 15 is 0 Å². The first-order valence-electron chi connectivity index (χ1n) is 11.8. The van der Waals surface area contributed by atoms with E-state index in [4.69, 9.17) is 4.98 Å². The molecule has 1 N–H and O–H groups in total. The van der Waals surface area contributed by atoms with Crippen molar-refractivity contribution in [1.29, 1.82) is 0 Å². The van der Waals surface area contributed by atoms with Crippen LogP contribution in [0.2, 0.25) is 0 Å². The maximum Gasteiger partial charge on any atom is 0.322 e. The molecule has 7 heteroatoms. The number of hydrogen-bond donors (Lipinski definition) is 1. The topological polar surface area (TPSA) is 67.2 Å². The van der Waals surface area contributed by atoms with Crippen molar-refractivity contribution in [3.05, 3.63) is 99.9 Å². The van der Waals surface area contributed by atoms with Crippen molar-refractivity contribution in [3.8, 4) is 5.69 Å². The molecule has 0 aliphatic carbocycles. The summed E-state index contributed by atoms with van der Waals surface area (Å²) < 4.78 is 15.3. The molecular formula is C28H29FN4O2. The number of rotatable bonds is 6. The Balaban J connectivity index is 1.87. The van der Waals surface area contributed by atoms with E-state index in [9.17, 15) is 14.0 Å². The summed E-state index contributed by atoms with van der Waals surface area (Å²) >= 11 is 0. The van der Waals surface area contributed by atoms with Crippen molar-refractivity contribution in [2.24, 2.45) is 0 Å². The highest BCUT2D eigenvalue weighted by atomic mass is 19.1. The molecule has 1 aromatic heterocycles. The maximum absolute atomic E-state index is 13.7. The predicted molar refractivity (Wildman–Crippen MR) is 138 cm³/mol. The molecule has 0 spiro atoms. The van der Waals surface area contributed by atoms with Gasteiger partial charge in [-0.1, -0.05) is 31.2 Å². The van der Waals surface area contributed by atoms with Gasteiger partial charge in [0.25, 0.3) is 5.56 Å². The van der Waals surface area contributed by atoms with Crippen LogP contribution in [0, 0.1) is 19.7 Å². The summed E-state index contributed by atoms with van der Waals surface area (Å²) in [6.45, 7) is 8.21. The lowest BCUT2D eigenvalue weighted by atomic mass is 10.1. The lowest BCUT2D eigenvalue weighted by Gasteiger charge is -2.31. The van der Waals surface area contributed by atoms with Gasteiger partial charge in [-0.15, -0.1) is 0 Å². The van der Waals surface area contributed by atoms with Crippen LogP contribution in [0.15, 0.2) is 71.5 Å². The molecule has 2 amide bonds. The largest absolute Gasteiger partial charge is 0.322 e. The van der Waals surface area contributed by atoms with E-state index in [1.54, 1.807) is 33.7 Å². The minimum Gasteiger partial charge on any atom is -0.315 e. The summed E-state index contributed by atoms with van der Waals surface area (Å²) in [5.74, 6) is 0.0494. The van der Waals surface area contributed by atoms with Gasteiger partial charge in [0, 0.05) is 12.2 Å². The first kappa shape index (κ1) is 24.1. The van der Waals surface area contributed by atoms with E-state index in [2.05, 4.69) is 5.32 Å². The van der Waals surface area contributed by atoms with Gasteiger partial charge in [0.05, 0.1) is 22.6 Å². The number of fused-ring (bicyclic) bond motifs is 1. The number of aromatic nitrogens is 2. The number of aryl methyl sites for hydroxylation is 2. The van der Waals surface area contributed by atoms with E-state index in [0.29, 0.717) is 41.1 Å². The monoisotopic (exact) mass is 472 g/mol. The summed E-state index contributed by atoms with van der Waals surface area (Å²) in [7, 11) is 0. The SMILES string of the molecule is CCC(c1nc2ccccc2c(=O)n1-c1ccc(C)c(C)c1)N(CC)C(=O)Nc1cccc(F)c1. The molecular weight excluding hydrogens is 443 g/mol. The molecule has 1 atom stereocenters. The maximum atomic E-state index is 13.7. The number of para-hydroxylation sites is 1. The molecule has 0 bridgehead atoms. The number of anilines is 1. The van der Waals surface area contributed by atoms with Crippen LogP contribution in [0.1, 0.15) is 43.3 Å². The van der Waals surface area contributed by atoms with Crippen LogP contribution in [-0.4, -0.2) is 27.0 Å². The Morgan fingerprint density at radius 3 is 2.49 bits per heavy atom. The first-order chi connectivity index (χ1) is 16.8. The van der Waals surface area contributed by atoms with Crippen LogP contribution in [0.4, 0.5) is 14.9 Å². The lowest BCUT2D eigenvalue weighted by molar-refractivity contribution is 0.185. The van der Waals surface area contributed by atoms with E-state index in [1.807, 2.05) is 58.0 Å². The average molecular weight is 473 g/mol. The van der Waals surface area contributed by atoms with Crippen LogP contribution < -0.4 is 10.9 Å². The summed E-state index contributed by atoms with van der Waals surface area (Å²) in [5.41, 5.74) is 3.63. The molecule has 1 unspecified atom stereocenters. The van der Waals surface area contributed by atoms with Crippen molar-refractivity contribution in [2.45, 2.75) is 40.2 Å². The third-order valence-electron chi connectivity index (χ3n) is 6.29. The third-order valence-corrected chi connectivity index (χ3v) is 6.29. The first-order valence-corrected chi connectivity index (χ1v) is 11.8. The van der Waals surface area contributed by atoms with Gasteiger partial charge >= 0.3 is 6.03 Å². The average Bonchev–Trinajstić information content (AvgIpc) is 2.84. The zero-order chi connectivity index (χ0) is 25.1. The van der Waals surface area contributed by atoms with E-state index in [0.717, 1.165) is 11.1 Å². The second-order valence-corrected chi connectivity index (χ2v) is 8.55. The Kier molecular flexibility index (Phi) is 6.96. The molecule has 0 saturated carbocycles. The molecule has 0 aliphatic heterocycles. The normalized spacial score (nSPS) is 11.9. The number of nitrogens with zero attached hydrogens (tertiary/aromatic N) is 3. The summed E-state index contributed by atoms with van der Waals surface area (Å²) in [6, 6.07) is 18.0. The van der Waals surface area contributed by atoms with Crippen LogP contribution in [-0.2, 0) is 0 Å². The molecule has 0 radical (unpaired) electrons. The second-order valence-electron chi connectivity index (χ2n) is 8.55. The fraction of sp³-hybridized carbons (Fsp3) is 0.250. The van der Waals surface area contributed by atoms with Crippen LogP contribution in [0.5, 0.6) is 0 Å². The van der Waals surface area contributed by atoms with Gasteiger partial charge in [0.1, 0.15) is 11.6 Å². The summed E-state index contributed by atoms with van der Waals surface area (Å²) in [4.78, 5) is 33.6. The molecule has 4 rings (SSSR count). The molecule has 0 fully saturated rings. The smallest absolute Gasteiger partial charge is 0.315 e. The highest BCUT2D eigenvalue weighted by Gasteiger charge is 2.28. The third kappa shape index (κ3) is 4.80. The van der Waals surface area contributed by atoms with Crippen LogP contribution in [0.25, 0.3) is 16.6 Å². The summed E-state index contributed by atoms with van der Waals surface area (Å²) in [6.07, 6.45) is 0.528. The highest BCUT2D eigenvalue weighted by Crippen LogP contribution is 2.27. The van der Waals surface area contributed by atoms with Gasteiger partial charge in [-0.05, 0) is 80.8 Å². The molecule has 4 aromatic rings. The Labute approximate surface area is 204 Å². The zero-order valence-electron chi connectivity index (χ0n) is 20.4. The molecule has 3 aromatic carbocycles. The second kappa shape index (κ2) is 10.1. The number of amides is 2. The molecule has 35 heavy (non-hydrogen) atoms. The highest BCUT2D eigenvalue weighted by molar-refractivity contribution is 5.89. The number of hydrogen-bond acceptors (Lipinski definition) is 3. The lowest BCUT2D eigenvalue weighted by Crippen LogP contribution is -2.40. The van der Waals surface area contributed by atoms with Gasteiger partial charge < -0.3 is 10.2 Å². The zero-order valence-corrected chi connectivity index (χ0v) is 20.4. The Hall–Kier alpha value is -4.00. The van der Waals surface area contributed by atoms with Crippen molar-refractivity contribution < 1.29 is 9.18 Å².